The number of nitro benzene ring substituents is 1. The van der Waals surface area contributed by atoms with E-state index in [1.54, 1.807) is 24.3 Å². The lowest BCUT2D eigenvalue weighted by atomic mass is 10.1. The fraction of sp³-hybridized carbons (Fsp3) is 0.0476. The van der Waals surface area contributed by atoms with Crippen molar-refractivity contribution in [2.75, 3.05) is 11.1 Å². The number of ether oxygens (including phenoxy) is 1. The standard InChI is InChI=1S/C21H16FN5O4/c22-13-8-17(20(23)18(9-13)27(29)30)21(28)25-14-4-3-5-16(10-14)31-12-15-11-26-7-2-1-6-19(26)24-15/h1-11H,12,23H2,(H,25,28). The molecule has 2 aromatic heterocycles. The Morgan fingerprint density at radius 1 is 1.23 bits per heavy atom. The van der Waals surface area contributed by atoms with E-state index >= 15 is 0 Å². The molecule has 0 saturated carbocycles. The molecule has 0 radical (unpaired) electrons. The summed E-state index contributed by atoms with van der Waals surface area (Å²) in [4.78, 5) is 27.1. The number of aromatic nitrogens is 2. The second-order valence-electron chi connectivity index (χ2n) is 6.61. The second kappa shape index (κ2) is 8.11. The summed E-state index contributed by atoms with van der Waals surface area (Å²) in [6.07, 6.45) is 3.73. The molecule has 0 bridgehead atoms. The Morgan fingerprint density at radius 2 is 2.06 bits per heavy atom. The Morgan fingerprint density at radius 3 is 2.84 bits per heavy atom. The maximum Gasteiger partial charge on any atom is 0.295 e. The van der Waals surface area contributed by atoms with Gasteiger partial charge in [0.1, 0.15) is 29.5 Å². The Balaban J connectivity index is 1.48. The number of hydrogen-bond donors (Lipinski definition) is 2. The zero-order chi connectivity index (χ0) is 22.0. The Kier molecular flexibility index (Phi) is 5.19. The number of fused-ring (bicyclic) bond motifs is 1. The van der Waals surface area contributed by atoms with Crippen molar-refractivity contribution in [2.24, 2.45) is 0 Å². The first-order valence-corrected chi connectivity index (χ1v) is 9.11. The summed E-state index contributed by atoms with van der Waals surface area (Å²) in [6.45, 7) is 0.210. The van der Waals surface area contributed by atoms with Gasteiger partial charge in [-0.05, 0) is 30.3 Å². The quantitative estimate of drug-likeness (QED) is 0.277. The molecular formula is C21H16FN5O4. The van der Waals surface area contributed by atoms with Crippen LogP contribution in [0.4, 0.5) is 21.5 Å². The summed E-state index contributed by atoms with van der Waals surface area (Å²) in [5, 5.41) is 13.5. The molecule has 4 aromatic rings. The lowest BCUT2D eigenvalue weighted by Gasteiger charge is -2.10. The normalized spacial score (nSPS) is 10.7. The van der Waals surface area contributed by atoms with E-state index in [-0.39, 0.29) is 12.2 Å². The number of amides is 1. The van der Waals surface area contributed by atoms with E-state index in [0.29, 0.717) is 17.5 Å². The van der Waals surface area contributed by atoms with E-state index in [2.05, 4.69) is 10.3 Å². The van der Waals surface area contributed by atoms with Gasteiger partial charge in [0.05, 0.1) is 22.2 Å². The number of nitrogen functional groups attached to an aromatic ring is 1. The van der Waals surface area contributed by atoms with Crippen LogP contribution < -0.4 is 15.8 Å². The van der Waals surface area contributed by atoms with Gasteiger partial charge in [0.25, 0.3) is 11.6 Å². The molecule has 10 heteroatoms. The number of carbonyl (C=O) groups excluding carboxylic acids is 1. The summed E-state index contributed by atoms with van der Waals surface area (Å²) < 4.78 is 21.3. The molecule has 156 valence electrons. The highest BCUT2D eigenvalue weighted by Crippen LogP contribution is 2.28. The van der Waals surface area contributed by atoms with Crippen LogP contribution in [0.1, 0.15) is 16.1 Å². The fourth-order valence-electron chi connectivity index (χ4n) is 3.02. The summed E-state index contributed by atoms with van der Waals surface area (Å²) in [5.74, 6) is -1.25. The van der Waals surface area contributed by atoms with Gasteiger partial charge in [-0.15, -0.1) is 0 Å². The summed E-state index contributed by atoms with van der Waals surface area (Å²) in [7, 11) is 0. The third-order valence-electron chi connectivity index (χ3n) is 4.46. The Labute approximate surface area is 175 Å². The number of nitrogens with one attached hydrogen (secondary N) is 1. The molecule has 31 heavy (non-hydrogen) atoms. The van der Waals surface area contributed by atoms with Crippen molar-refractivity contribution < 1.29 is 18.8 Å². The van der Waals surface area contributed by atoms with Crippen LogP contribution >= 0.6 is 0 Å². The average Bonchev–Trinajstić information content (AvgIpc) is 3.17. The minimum Gasteiger partial charge on any atom is -0.487 e. The van der Waals surface area contributed by atoms with Crippen LogP contribution in [0, 0.1) is 15.9 Å². The van der Waals surface area contributed by atoms with E-state index in [9.17, 15) is 19.3 Å². The van der Waals surface area contributed by atoms with Crippen molar-refractivity contribution in [3.8, 4) is 5.75 Å². The molecule has 2 aromatic carbocycles. The van der Waals surface area contributed by atoms with Crippen LogP contribution in [0.5, 0.6) is 5.75 Å². The van der Waals surface area contributed by atoms with Crippen molar-refractivity contribution in [1.82, 2.24) is 9.38 Å². The van der Waals surface area contributed by atoms with Crippen molar-refractivity contribution in [3.05, 3.63) is 94.2 Å². The van der Waals surface area contributed by atoms with E-state index in [1.807, 2.05) is 35.0 Å². The number of pyridine rings is 1. The summed E-state index contributed by atoms with van der Waals surface area (Å²) in [6, 6.07) is 13.7. The number of benzene rings is 2. The number of hydrogen-bond acceptors (Lipinski definition) is 6. The Hall–Kier alpha value is -4.47. The first-order valence-electron chi connectivity index (χ1n) is 9.11. The van der Waals surface area contributed by atoms with E-state index in [0.717, 1.165) is 17.4 Å². The van der Waals surface area contributed by atoms with Crippen LogP contribution in [0.3, 0.4) is 0 Å². The van der Waals surface area contributed by atoms with Crippen LogP contribution in [0.2, 0.25) is 0 Å². The molecule has 0 saturated heterocycles. The van der Waals surface area contributed by atoms with Crippen molar-refractivity contribution in [3.63, 3.8) is 0 Å². The summed E-state index contributed by atoms with van der Waals surface area (Å²) >= 11 is 0. The van der Waals surface area contributed by atoms with Gasteiger partial charge >= 0.3 is 0 Å². The molecular weight excluding hydrogens is 405 g/mol. The molecule has 4 rings (SSSR count). The number of nitrogens with zero attached hydrogens (tertiary/aromatic N) is 3. The van der Waals surface area contributed by atoms with Crippen LogP contribution in [-0.4, -0.2) is 20.2 Å². The van der Waals surface area contributed by atoms with Crippen LogP contribution in [0.15, 0.2) is 67.0 Å². The van der Waals surface area contributed by atoms with Gasteiger partial charge in [0, 0.05) is 24.1 Å². The Bertz CT molecular complexity index is 1270. The zero-order valence-electron chi connectivity index (χ0n) is 16.0. The molecule has 3 N–H and O–H groups in total. The number of carbonyl (C=O) groups is 1. The minimum absolute atomic E-state index is 0.210. The van der Waals surface area contributed by atoms with Crippen molar-refractivity contribution >= 4 is 28.6 Å². The van der Waals surface area contributed by atoms with Gasteiger partial charge in [-0.25, -0.2) is 9.37 Å². The third-order valence-corrected chi connectivity index (χ3v) is 4.46. The highest BCUT2D eigenvalue weighted by atomic mass is 19.1. The van der Waals surface area contributed by atoms with Gasteiger partial charge < -0.3 is 20.2 Å². The van der Waals surface area contributed by atoms with Gasteiger partial charge in [0.15, 0.2) is 0 Å². The summed E-state index contributed by atoms with van der Waals surface area (Å²) in [5.41, 5.74) is 6.13. The predicted octanol–water partition coefficient (Wildman–Crippen LogP) is 3.80. The molecule has 0 aliphatic carbocycles. The third kappa shape index (κ3) is 4.27. The lowest BCUT2D eigenvalue weighted by Crippen LogP contribution is -2.15. The highest BCUT2D eigenvalue weighted by Gasteiger charge is 2.22. The number of anilines is 2. The van der Waals surface area contributed by atoms with Crippen molar-refractivity contribution in [1.29, 1.82) is 0 Å². The smallest absolute Gasteiger partial charge is 0.295 e. The average molecular weight is 421 g/mol. The maximum absolute atomic E-state index is 13.7. The predicted molar refractivity (Wildman–Crippen MR) is 111 cm³/mol. The number of halogens is 1. The molecule has 0 spiro atoms. The van der Waals surface area contributed by atoms with E-state index in [1.165, 1.54) is 0 Å². The maximum atomic E-state index is 13.7. The molecule has 2 heterocycles. The number of imidazole rings is 1. The zero-order valence-corrected chi connectivity index (χ0v) is 16.0. The molecule has 9 nitrogen and oxygen atoms in total. The first-order chi connectivity index (χ1) is 14.9. The van der Waals surface area contributed by atoms with Crippen LogP contribution in [0.25, 0.3) is 5.65 Å². The fourth-order valence-corrected chi connectivity index (χ4v) is 3.02. The molecule has 1 amide bonds. The lowest BCUT2D eigenvalue weighted by molar-refractivity contribution is -0.384. The topological polar surface area (TPSA) is 125 Å². The molecule has 0 fully saturated rings. The highest BCUT2D eigenvalue weighted by molar-refractivity contribution is 6.09. The molecule has 0 unspecified atom stereocenters. The van der Waals surface area contributed by atoms with E-state index in [4.69, 9.17) is 10.5 Å². The molecule has 0 aliphatic heterocycles. The van der Waals surface area contributed by atoms with Gasteiger partial charge in [0.2, 0.25) is 0 Å². The number of rotatable bonds is 6. The van der Waals surface area contributed by atoms with Crippen molar-refractivity contribution in [2.45, 2.75) is 6.61 Å². The monoisotopic (exact) mass is 421 g/mol. The number of nitrogens with two attached hydrogens (primary N) is 1. The minimum atomic E-state index is -0.935. The first kappa shape index (κ1) is 19.8. The van der Waals surface area contributed by atoms with Crippen LogP contribution in [-0.2, 0) is 6.61 Å². The number of nitro groups is 1. The molecule has 0 atom stereocenters. The SMILES string of the molecule is Nc1c(C(=O)Nc2cccc(OCc3cn4ccccc4n3)c2)cc(F)cc1[N+](=O)[O-]. The molecule has 0 aliphatic rings. The van der Waals surface area contributed by atoms with Gasteiger partial charge in [-0.1, -0.05) is 12.1 Å². The van der Waals surface area contributed by atoms with Gasteiger partial charge in [-0.2, -0.15) is 0 Å². The van der Waals surface area contributed by atoms with E-state index < -0.39 is 28.0 Å². The second-order valence-corrected chi connectivity index (χ2v) is 6.61. The largest absolute Gasteiger partial charge is 0.487 e. The van der Waals surface area contributed by atoms with Gasteiger partial charge in [-0.3, -0.25) is 14.9 Å².